The number of nitrogens with zero attached hydrogens (tertiary/aromatic N) is 2. The molecule has 8 nitrogen and oxygen atoms in total. The number of ether oxygens (including phenoxy) is 3. The van der Waals surface area contributed by atoms with Gasteiger partial charge in [-0.15, -0.1) is 0 Å². The number of alkyl halides is 2. The Morgan fingerprint density at radius 1 is 1.31 bits per heavy atom. The molecule has 36 heavy (non-hydrogen) atoms. The van der Waals surface area contributed by atoms with Gasteiger partial charge in [-0.05, 0) is 55.3 Å². The molecule has 0 radical (unpaired) electrons. The van der Waals surface area contributed by atoms with Gasteiger partial charge >= 0.3 is 6.61 Å². The van der Waals surface area contributed by atoms with Crippen molar-refractivity contribution >= 4 is 51.7 Å². The van der Waals surface area contributed by atoms with E-state index in [-0.39, 0.29) is 30.1 Å². The molecule has 2 saturated heterocycles. The zero-order valence-corrected chi connectivity index (χ0v) is 20.9. The summed E-state index contributed by atoms with van der Waals surface area (Å²) in [6.07, 6.45) is 1.55. The number of hydrogen-bond donors (Lipinski definition) is 1. The highest BCUT2D eigenvalue weighted by Gasteiger charge is 2.40. The summed E-state index contributed by atoms with van der Waals surface area (Å²) in [5, 5.41) is 2.84. The second kappa shape index (κ2) is 11.9. The van der Waals surface area contributed by atoms with E-state index in [9.17, 15) is 18.4 Å². The molecule has 2 aromatic rings. The third kappa shape index (κ3) is 6.65. The first-order chi connectivity index (χ1) is 17.3. The van der Waals surface area contributed by atoms with E-state index >= 15 is 0 Å². The molecule has 12 heteroatoms. The maximum absolute atomic E-state index is 13.2. The maximum Gasteiger partial charge on any atom is 0.387 e. The number of thioether (sulfide) groups is 1. The van der Waals surface area contributed by atoms with Gasteiger partial charge in [-0.2, -0.15) is 8.78 Å². The summed E-state index contributed by atoms with van der Waals surface area (Å²) in [4.78, 5) is 32.0. The van der Waals surface area contributed by atoms with Gasteiger partial charge < -0.3 is 19.5 Å². The Hall–Kier alpha value is -2.89. The van der Waals surface area contributed by atoms with Crippen molar-refractivity contribution in [3.05, 3.63) is 47.5 Å². The number of nitrogens with one attached hydrogen (secondary N) is 1. The Labute approximate surface area is 215 Å². The molecule has 2 aliphatic heterocycles. The maximum atomic E-state index is 13.2. The number of amidine groups is 1. The lowest BCUT2D eigenvalue weighted by molar-refractivity contribution is -0.129. The first-order valence-electron chi connectivity index (χ1n) is 11.2. The number of carbonyl (C=O) groups excluding carboxylic acids is 2. The van der Waals surface area contributed by atoms with Crippen LogP contribution in [0.4, 0.5) is 20.2 Å². The molecule has 2 fully saturated rings. The number of amides is 2. The summed E-state index contributed by atoms with van der Waals surface area (Å²) in [5.74, 6) is -0.104. The SMILES string of the molecule is COc1ccc(NC(=O)C[C@H]2SC(=Nc3ccc(OC(F)F)cc3)N(C[C@H]3CCCO3)C2=O)cc1Cl. The van der Waals surface area contributed by atoms with Crippen LogP contribution in [-0.2, 0) is 14.3 Å². The molecule has 2 aliphatic rings. The highest BCUT2D eigenvalue weighted by Crippen LogP contribution is 2.34. The molecular weight excluding hydrogens is 516 g/mol. The number of carbonyl (C=O) groups is 2. The number of halogens is 3. The van der Waals surface area contributed by atoms with Gasteiger partial charge in [0.15, 0.2) is 5.17 Å². The fourth-order valence-electron chi connectivity index (χ4n) is 3.82. The summed E-state index contributed by atoms with van der Waals surface area (Å²) in [6.45, 7) is -1.97. The largest absolute Gasteiger partial charge is 0.495 e. The zero-order chi connectivity index (χ0) is 25.7. The average Bonchev–Trinajstić information content (AvgIpc) is 3.44. The summed E-state index contributed by atoms with van der Waals surface area (Å²) in [7, 11) is 1.50. The van der Waals surface area contributed by atoms with E-state index in [1.165, 1.54) is 48.0 Å². The molecule has 0 unspecified atom stereocenters. The van der Waals surface area contributed by atoms with Crippen LogP contribution in [0.25, 0.3) is 0 Å². The number of benzene rings is 2. The van der Waals surface area contributed by atoms with Gasteiger partial charge in [0.05, 0.1) is 30.5 Å². The molecule has 0 bridgehead atoms. The smallest absolute Gasteiger partial charge is 0.387 e. The van der Waals surface area contributed by atoms with E-state index in [1.54, 1.807) is 18.2 Å². The van der Waals surface area contributed by atoms with Crippen LogP contribution in [0.2, 0.25) is 5.02 Å². The first-order valence-corrected chi connectivity index (χ1v) is 12.4. The first kappa shape index (κ1) is 26.2. The summed E-state index contributed by atoms with van der Waals surface area (Å²) >= 11 is 7.30. The van der Waals surface area contributed by atoms with Crippen molar-refractivity contribution in [2.45, 2.75) is 37.2 Å². The molecule has 2 heterocycles. The number of anilines is 1. The van der Waals surface area contributed by atoms with Crippen LogP contribution >= 0.6 is 23.4 Å². The van der Waals surface area contributed by atoms with Crippen molar-refractivity contribution < 1.29 is 32.6 Å². The molecule has 4 rings (SSSR count). The van der Waals surface area contributed by atoms with Crippen LogP contribution in [-0.4, -0.2) is 60.1 Å². The Kier molecular flexibility index (Phi) is 8.65. The summed E-state index contributed by atoms with van der Waals surface area (Å²) < 4.78 is 40.0. The third-order valence-corrected chi connectivity index (χ3v) is 6.99. The van der Waals surface area contributed by atoms with Crippen molar-refractivity contribution in [1.29, 1.82) is 0 Å². The number of aliphatic imine (C=N–C) groups is 1. The lowest BCUT2D eigenvalue weighted by Gasteiger charge is -2.20. The van der Waals surface area contributed by atoms with Crippen molar-refractivity contribution in [2.24, 2.45) is 4.99 Å². The molecule has 2 amide bonds. The minimum absolute atomic E-state index is 0.00787. The van der Waals surface area contributed by atoms with Crippen LogP contribution in [0.15, 0.2) is 47.5 Å². The number of methoxy groups -OCH3 is 1. The van der Waals surface area contributed by atoms with E-state index in [0.29, 0.717) is 40.5 Å². The minimum Gasteiger partial charge on any atom is -0.495 e. The Morgan fingerprint density at radius 3 is 2.72 bits per heavy atom. The van der Waals surface area contributed by atoms with Gasteiger partial charge in [-0.1, -0.05) is 23.4 Å². The van der Waals surface area contributed by atoms with Crippen LogP contribution in [0.1, 0.15) is 19.3 Å². The lowest BCUT2D eigenvalue weighted by atomic mass is 10.2. The summed E-state index contributed by atoms with van der Waals surface area (Å²) in [6, 6.07) is 10.7. The van der Waals surface area contributed by atoms with Crippen molar-refractivity contribution in [3.8, 4) is 11.5 Å². The fourth-order valence-corrected chi connectivity index (χ4v) is 5.25. The molecule has 0 aromatic heterocycles. The highest BCUT2D eigenvalue weighted by molar-refractivity contribution is 8.15. The molecule has 0 spiro atoms. The normalized spacial score (nSPS) is 20.9. The van der Waals surface area contributed by atoms with Crippen LogP contribution in [0.3, 0.4) is 0 Å². The molecule has 2 aromatic carbocycles. The molecule has 1 N–H and O–H groups in total. The molecule has 0 aliphatic carbocycles. The van der Waals surface area contributed by atoms with E-state index < -0.39 is 11.9 Å². The second-order valence-electron chi connectivity index (χ2n) is 8.06. The van der Waals surface area contributed by atoms with Crippen molar-refractivity contribution in [2.75, 3.05) is 25.6 Å². The molecular formula is C24H24ClF2N3O5S. The Balaban J connectivity index is 1.47. The van der Waals surface area contributed by atoms with E-state index in [0.717, 1.165) is 12.8 Å². The number of hydrogen-bond acceptors (Lipinski definition) is 7. The fraction of sp³-hybridized carbons (Fsp3) is 0.375. The standard InChI is InChI=1S/C24H24ClF2N3O5S/c1-33-19-9-6-15(11-18(19)25)28-21(31)12-20-22(32)30(13-17-3-2-10-34-17)24(36-20)29-14-4-7-16(8-5-14)35-23(26)27/h4-9,11,17,20,23H,2-3,10,12-13H2,1H3,(H,28,31)/t17-,20-/m1/s1. The summed E-state index contributed by atoms with van der Waals surface area (Å²) in [5.41, 5.74) is 0.944. The van der Waals surface area contributed by atoms with Crippen LogP contribution in [0, 0.1) is 0 Å². The third-order valence-electron chi connectivity index (χ3n) is 5.52. The molecule has 0 saturated carbocycles. The van der Waals surface area contributed by atoms with Crippen molar-refractivity contribution in [1.82, 2.24) is 4.90 Å². The Bertz CT molecular complexity index is 1130. The van der Waals surface area contributed by atoms with E-state index in [2.05, 4.69) is 15.0 Å². The quantitative estimate of drug-likeness (QED) is 0.477. The monoisotopic (exact) mass is 539 g/mol. The second-order valence-corrected chi connectivity index (χ2v) is 9.64. The van der Waals surface area contributed by atoms with Crippen molar-refractivity contribution in [3.63, 3.8) is 0 Å². The molecule has 2 atom stereocenters. The number of rotatable bonds is 9. The van der Waals surface area contributed by atoms with Gasteiger partial charge in [0.25, 0.3) is 0 Å². The van der Waals surface area contributed by atoms with Gasteiger partial charge in [0.1, 0.15) is 16.7 Å². The van der Waals surface area contributed by atoms with Crippen LogP contribution < -0.4 is 14.8 Å². The van der Waals surface area contributed by atoms with Gasteiger partial charge in [0, 0.05) is 18.7 Å². The van der Waals surface area contributed by atoms with E-state index in [4.69, 9.17) is 21.1 Å². The lowest BCUT2D eigenvalue weighted by Crippen LogP contribution is -2.38. The van der Waals surface area contributed by atoms with Gasteiger partial charge in [-0.3, -0.25) is 14.5 Å². The average molecular weight is 540 g/mol. The highest BCUT2D eigenvalue weighted by atomic mass is 35.5. The zero-order valence-electron chi connectivity index (χ0n) is 19.3. The van der Waals surface area contributed by atoms with E-state index in [1.807, 2.05) is 0 Å². The topological polar surface area (TPSA) is 89.5 Å². The minimum atomic E-state index is -2.92. The Morgan fingerprint density at radius 2 is 2.08 bits per heavy atom. The predicted molar refractivity (Wildman–Crippen MR) is 133 cm³/mol. The van der Waals surface area contributed by atoms with Crippen LogP contribution in [0.5, 0.6) is 11.5 Å². The van der Waals surface area contributed by atoms with Gasteiger partial charge in [0.2, 0.25) is 11.8 Å². The predicted octanol–water partition coefficient (Wildman–Crippen LogP) is 5.09. The van der Waals surface area contributed by atoms with Gasteiger partial charge in [-0.25, -0.2) is 4.99 Å². The molecule has 192 valence electrons.